The molecule has 1 aliphatic heterocycles. The highest BCUT2D eigenvalue weighted by atomic mass is 16.1. The Hall–Kier alpha value is -2.14. The monoisotopic (exact) mass is 326 g/mol. The third kappa shape index (κ3) is 4.03. The molecule has 1 unspecified atom stereocenters. The number of hydrogen-bond donors (Lipinski definition) is 2. The minimum atomic E-state index is 0.115. The lowest BCUT2D eigenvalue weighted by Crippen LogP contribution is -2.31. The van der Waals surface area contributed by atoms with Gasteiger partial charge in [0.05, 0.1) is 12.2 Å². The molecule has 0 spiro atoms. The van der Waals surface area contributed by atoms with Crippen LogP contribution in [0.5, 0.6) is 0 Å². The predicted molar refractivity (Wildman–Crippen MR) is 94.7 cm³/mol. The van der Waals surface area contributed by atoms with E-state index < -0.39 is 0 Å². The summed E-state index contributed by atoms with van der Waals surface area (Å²) in [6, 6.07) is 10.6. The van der Waals surface area contributed by atoms with Crippen LogP contribution < -0.4 is 10.6 Å². The van der Waals surface area contributed by atoms with Crippen LogP contribution in [0.1, 0.15) is 41.8 Å². The maximum Gasteiger partial charge on any atom is 0.221 e. The van der Waals surface area contributed by atoms with Crippen molar-refractivity contribution in [2.75, 3.05) is 6.54 Å². The Morgan fingerprint density at radius 3 is 2.83 bits per heavy atom. The van der Waals surface area contributed by atoms with Crippen LogP contribution in [0, 0.1) is 13.8 Å². The van der Waals surface area contributed by atoms with Crippen molar-refractivity contribution < 1.29 is 4.79 Å². The van der Waals surface area contributed by atoms with Gasteiger partial charge in [-0.2, -0.15) is 5.10 Å². The number of benzene rings is 1. The number of aromatic nitrogens is 2. The third-order valence-electron chi connectivity index (χ3n) is 4.76. The van der Waals surface area contributed by atoms with Crippen molar-refractivity contribution in [1.29, 1.82) is 0 Å². The smallest absolute Gasteiger partial charge is 0.221 e. The van der Waals surface area contributed by atoms with Gasteiger partial charge in [0.2, 0.25) is 5.91 Å². The van der Waals surface area contributed by atoms with Crippen molar-refractivity contribution in [2.45, 2.75) is 52.2 Å². The summed E-state index contributed by atoms with van der Waals surface area (Å²) in [7, 11) is 0. The number of aryl methyl sites for hydroxylation is 1. The molecule has 3 rings (SSSR count). The lowest BCUT2D eigenvalue weighted by molar-refractivity contribution is -0.121. The van der Waals surface area contributed by atoms with Crippen LogP contribution in [0.15, 0.2) is 30.3 Å². The van der Waals surface area contributed by atoms with Gasteiger partial charge in [-0.3, -0.25) is 9.48 Å². The molecule has 1 atom stereocenters. The normalized spacial score (nSPS) is 17.2. The van der Waals surface area contributed by atoms with Gasteiger partial charge < -0.3 is 10.6 Å². The first kappa shape index (κ1) is 16.7. The van der Waals surface area contributed by atoms with E-state index in [4.69, 9.17) is 0 Å². The quantitative estimate of drug-likeness (QED) is 0.856. The standard InChI is InChI=1S/C19H26N4O/c1-14-18(12-21-19(24)11-17-9-6-10-20-17)15(2)23(22-14)13-16-7-4-3-5-8-16/h3-5,7-8,17,20H,6,9-13H2,1-2H3,(H,21,24). The number of rotatable bonds is 6. The fourth-order valence-corrected chi connectivity index (χ4v) is 3.31. The summed E-state index contributed by atoms with van der Waals surface area (Å²) in [5.74, 6) is 0.115. The molecule has 0 radical (unpaired) electrons. The molecular formula is C19H26N4O. The summed E-state index contributed by atoms with van der Waals surface area (Å²) in [6.07, 6.45) is 2.83. The molecule has 1 aliphatic rings. The average Bonchev–Trinajstić information content (AvgIpc) is 3.16. The fraction of sp³-hybridized carbons (Fsp3) is 0.474. The van der Waals surface area contributed by atoms with Crippen LogP contribution in [-0.2, 0) is 17.9 Å². The van der Waals surface area contributed by atoms with E-state index in [1.54, 1.807) is 0 Å². The molecule has 2 N–H and O–H groups in total. The van der Waals surface area contributed by atoms with Crippen LogP contribution >= 0.6 is 0 Å². The lowest BCUT2D eigenvalue weighted by atomic mass is 10.1. The van der Waals surface area contributed by atoms with E-state index in [9.17, 15) is 4.79 Å². The molecule has 5 nitrogen and oxygen atoms in total. The van der Waals surface area contributed by atoms with E-state index in [2.05, 4.69) is 34.8 Å². The summed E-state index contributed by atoms with van der Waals surface area (Å²) in [5.41, 5.74) is 4.46. The zero-order valence-corrected chi connectivity index (χ0v) is 14.5. The Labute approximate surface area is 143 Å². The van der Waals surface area contributed by atoms with E-state index >= 15 is 0 Å². The molecule has 5 heteroatoms. The molecule has 2 heterocycles. The Morgan fingerprint density at radius 2 is 2.12 bits per heavy atom. The van der Waals surface area contributed by atoms with Gasteiger partial charge in [0.15, 0.2) is 0 Å². The van der Waals surface area contributed by atoms with Gasteiger partial charge in [-0.15, -0.1) is 0 Å². The second kappa shape index (κ2) is 7.62. The van der Waals surface area contributed by atoms with Crippen molar-refractivity contribution >= 4 is 5.91 Å². The first-order chi connectivity index (χ1) is 11.6. The van der Waals surface area contributed by atoms with Gasteiger partial charge in [0.25, 0.3) is 0 Å². The first-order valence-electron chi connectivity index (χ1n) is 8.70. The van der Waals surface area contributed by atoms with Gasteiger partial charge in [-0.25, -0.2) is 0 Å². The Kier molecular flexibility index (Phi) is 5.30. The number of carbonyl (C=O) groups excluding carboxylic acids is 1. The van der Waals surface area contributed by atoms with E-state index in [0.29, 0.717) is 19.0 Å². The van der Waals surface area contributed by atoms with Crippen LogP contribution in [0.4, 0.5) is 0 Å². The Bertz CT molecular complexity index is 687. The van der Waals surface area contributed by atoms with Crippen molar-refractivity contribution in [3.05, 3.63) is 52.8 Å². The molecule has 1 saturated heterocycles. The summed E-state index contributed by atoms with van der Waals surface area (Å²) < 4.78 is 2.02. The SMILES string of the molecule is Cc1nn(Cc2ccccc2)c(C)c1CNC(=O)CC1CCCN1. The lowest BCUT2D eigenvalue weighted by Gasteiger charge is -2.11. The van der Waals surface area contributed by atoms with Crippen LogP contribution in [-0.4, -0.2) is 28.3 Å². The van der Waals surface area contributed by atoms with Crippen LogP contribution in [0.2, 0.25) is 0 Å². The van der Waals surface area contributed by atoms with Crippen LogP contribution in [0.25, 0.3) is 0 Å². The molecule has 1 fully saturated rings. The van der Waals surface area contributed by atoms with Gasteiger partial charge >= 0.3 is 0 Å². The van der Waals surface area contributed by atoms with Crippen molar-refractivity contribution in [3.8, 4) is 0 Å². The van der Waals surface area contributed by atoms with Gasteiger partial charge in [-0.1, -0.05) is 30.3 Å². The summed E-state index contributed by atoms with van der Waals surface area (Å²) in [5, 5.41) is 11.1. The average molecular weight is 326 g/mol. The number of carbonyl (C=O) groups is 1. The maximum absolute atomic E-state index is 12.1. The van der Waals surface area contributed by atoms with E-state index in [1.807, 2.05) is 29.8 Å². The summed E-state index contributed by atoms with van der Waals surface area (Å²) >= 11 is 0. The van der Waals surface area contributed by atoms with E-state index in [0.717, 1.165) is 36.5 Å². The van der Waals surface area contributed by atoms with Gasteiger partial charge in [-0.05, 0) is 38.8 Å². The summed E-state index contributed by atoms with van der Waals surface area (Å²) in [4.78, 5) is 12.1. The number of nitrogens with zero attached hydrogens (tertiary/aromatic N) is 2. The predicted octanol–water partition coefficient (Wildman–Crippen LogP) is 2.31. The van der Waals surface area contributed by atoms with Crippen molar-refractivity contribution in [3.63, 3.8) is 0 Å². The summed E-state index contributed by atoms with van der Waals surface area (Å²) in [6.45, 7) is 6.42. The highest BCUT2D eigenvalue weighted by Crippen LogP contribution is 2.15. The number of nitrogens with one attached hydrogen (secondary N) is 2. The maximum atomic E-state index is 12.1. The molecule has 0 aliphatic carbocycles. The zero-order chi connectivity index (χ0) is 16.9. The second-order valence-electron chi connectivity index (χ2n) is 6.57. The third-order valence-corrected chi connectivity index (χ3v) is 4.76. The topological polar surface area (TPSA) is 59.0 Å². The van der Waals surface area contributed by atoms with Gasteiger partial charge in [0.1, 0.15) is 0 Å². The van der Waals surface area contributed by atoms with Crippen LogP contribution in [0.3, 0.4) is 0 Å². The minimum Gasteiger partial charge on any atom is -0.352 e. The highest BCUT2D eigenvalue weighted by molar-refractivity contribution is 5.76. The highest BCUT2D eigenvalue weighted by Gasteiger charge is 2.18. The zero-order valence-electron chi connectivity index (χ0n) is 14.5. The molecule has 0 saturated carbocycles. The van der Waals surface area contributed by atoms with Crippen molar-refractivity contribution in [1.82, 2.24) is 20.4 Å². The largest absolute Gasteiger partial charge is 0.352 e. The molecule has 128 valence electrons. The van der Waals surface area contributed by atoms with E-state index in [-0.39, 0.29) is 5.91 Å². The second-order valence-corrected chi connectivity index (χ2v) is 6.57. The van der Waals surface area contributed by atoms with Crippen molar-refractivity contribution in [2.24, 2.45) is 0 Å². The fourth-order valence-electron chi connectivity index (χ4n) is 3.31. The molecule has 1 aromatic heterocycles. The molecule has 1 aromatic carbocycles. The molecule has 24 heavy (non-hydrogen) atoms. The van der Waals surface area contributed by atoms with Gasteiger partial charge in [0, 0.05) is 30.3 Å². The minimum absolute atomic E-state index is 0.115. The Balaban J connectivity index is 1.60. The number of hydrogen-bond acceptors (Lipinski definition) is 3. The molecule has 0 bridgehead atoms. The number of amides is 1. The molecule has 2 aromatic rings. The first-order valence-corrected chi connectivity index (χ1v) is 8.70. The molecule has 1 amide bonds. The molecular weight excluding hydrogens is 300 g/mol. The van der Waals surface area contributed by atoms with E-state index in [1.165, 1.54) is 12.0 Å². The Morgan fingerprint density at radius 1 is 1.33 bits per heavy atom.